The Hall–Kier alpha value is -9.14. The largest absolute Gasteiger partial charge is 0.368 e. The zero-order valence-electron chi connectivity index (χ0n) is 64.4. The highest BCUT2D eigenvalue weighted by molar-refractivity contribution is 9.10. The number of aromatic amines is 3. The normalized spacial score (nSPS) is 15.0. The third-order valence-corrected chi connectivity index (χ3v) is 22.2. The Morgan fingerprint density at radius 3 is 1.11 bits per heavy atom. The van der Waals surface area contributed by atoms with E-state index >= 15 is 0 Å². The number of nitriles is 1. The molecule has 0 unspecified atom stereocenters. The summed E-state index contributed by atoms with van der Waals surface area (Å²) in [7, 11) is 0. The summed E-state index contributed by atoms with van der Waals surface area (Å²) in [6, 6.07) is 29.5. The summed E-state index contributed by atoms with van der Waals surface area (Å²) >= 11 is 3.75. The number of aryl methyl sites for hydroxylation is 6. The van der Waals surface area contributed by atoms with Gasteiger partial charge in [0, 0.05) is 227 Å². The molecular weight excluding hydrogens is 1380 g/mol. The van der Waals surface area contributed by atoms with Gasteiger partial charge in [0.05, 0.1) is 11.6 Å². The monoisotopic (exact) mass is 1490 g/mol. The summed E-state index contributed by atoms with van der Waals surface area (Å²) in [4.78, 5) is 87.3. The van der Waals surface area contributed by atoms with Crippen molar-refractivity contribution >= 4 is 88.7 Å². The Morgan fingerprint density at radius 2 is 0.810 bits per heavy atom. The van der Waals surface area contributed by atoms with Crippen LogP contribution < -0.4 is 53.1 Å². The summed E-state index contributed by atoms with van der Waals surface area (Å²) in [5, 5.41) is 26.0. The van der Waals surface area contributed by atoms with Crippen LogP contribution >= 0.6 is 15.9 Å². The number of hydrogen-bond acceptors (Lipinski definition) is 17. The number of likely N-dealkylation sites (tertiary alicyclic amines) is 3. The molecule has 22 heteroatoms. The van der Waals surface area contributed by atoms with Crippen molar-refractivity contribution in [3.63, 3.8) is 0 Å². The van der Waals surface area contributed by atoms with E-state index in [0.29, 0.717) is 89.8 Å². The molecule has 8 N–H and O–H groups in total. The average Bonchev–Trinajstić information content (AvgIpc) is 0.781. The highest BCUT2D eigenvalue weighted by Crippen LogP contribution is 2.40. The summed E-state index contributed by atoms with van der Waals surface area (Å²) in [6.07, 6.45) is 12.1. The van der Waals surface area contributed by atoms with Crippen molar-refractivity contribution in [3.05, 3.63) is 189 Å². The third kappa shape index (κ3) is 18.6. The number of carbonyl (C=O) groups is 1. The first kappa shape index (κ1) is 78.4. The number of rotatable bonds is 22. The quantitative estimate of drug-likeness (QED) is 0.0333. The molecule has 0 aliphatic carbocycles. The zero-order chi connectivity index (χ0) is 75.5. The third-order valence-electron chi connectivity index (χ3n) is 21.7. The number of fused-ring (bicyclic) bond motifs is 3. The Kier molecular flexibility index (Phi) is 26.4. The van der Waals surface area contributed by atoms with Crippen LogP contribution in [0.5, 0.6) is 0 Å². The Balaban J connectivity index is 0.000000169. The lowest BCUT2D eigenvalue weighted by Crippen LogP contribution is -2.47. The fourth-order valence-electron chi connectivity index (χ4n) is 15.9. The molecule has 0 saturated carbocycles. The van der Waals surface area contributed by atoms with E-state index in [1.54, 1.807) is 12.3 Å². The molecule has 6 aromatic heterocycles. The van der Waals surface area contributed by atoms with Gasteiger partial charge in [-0.3, -0.25) is 19.2 Å². The SMILES string of the molecule is CCN(c1cc(Br)cc2c(NCc3c(C)cc(C)[nH]c3=O)nccc12)C1CCN(C(C)C)CC1.CCN(c1cc(C#N)cc2c(NCc3c(C)cc(C)[nH]c3=O)nccc12)C1CCN(C(C)C)CC1.CCN(c1cc(C(N)=O)cc2c(NCc3c(C)cc(C)[nH]c3=O)nccc12)C1CCN(C(C)C)CC1. The van der Waals surface area contributed by atoms with E-state index < -0.39 is 5.91 Å². The van der Waals surface area contributed by atoms with E-state index in [2.05, 4.69) is 178 Å². The van der Waals surface area contributed by atoms with Gasteiger partial charge in [0.25, 0.3) is 16.7 Å². The van der Waals surface area contributed by atoms with Gasteiger partial charge in [-0.15, -0.1) is 0 Å². The molecule has 558 valence electrons. The van der Waals surface area contributed by atoms with Gasteiger partial charge >= 0.3 is 0 Å². The van der Waals surface area contributed by atoms with Gasteiger partial charge in [0.15, 0.2) is 0 Å². The summed E-state index contributed by atoms with van der Waals surface area (Å²) in [6.45, 7) is 42.1. The van der Waals surface area contributed by atoms with E-state index in [1.807, 2.05) is 102 Å². The molecule has 3 aliphatic heterocycles. The van der Waals surface area contributed by atoms with Gasteiger partial charge in [0.2, 0.25) is 5.91 Å². The average molecular weight is 1490 g/mol. The standard InChI is InChI=1S/C28H38N6O2.C28H36N6O.C27H36BrN5O/c1-6-34(21-8-11-33(12-9-21)17(2)3)25-15-20(26(29)35)14-23-22(25)7-10-30-27(23)31-16-24-18(4)13-19(5)32-28(24)36;1-6-34(22-8-11-33(12-9-22)18(2)3)26-15-21(16-29)14-24-23(26)7-10-30-27(24)31-17-25-19(4)13-20(5)32-28(25)35;1-6-33(21-8-11-32(12-9-21)17(2)3)25-15-20(28)14-23-22(25)7-10-29-26(23)30-16-24-18(4)13-19(5)31-27(24)34/h7,10,13-15,17,21H,6,8-9,11-12,16H2,1-5H3,(H2,29,35)(H,30,31)(H,32,36);7,10,13-15,18,22H,6,8-9,11-12,17H2,1-5H3,(H,30,31)(H,32,35);7,10,13-15,17,21H,6,8-9,11-12,16H2,1-5H3,(H,29,30)(H,31,34). The van der Waals surface area contributed by atoms with Crippen molar-refractivity contribution in [1.29, 1.82) is 5.26 Å². The van der Waals surface area contributed by atoms with Crippen LogP contribution in [0.3, 0.4) is 0 Å². The lowest BCUT2D eigenvalue weighted by atomic mass is 9.98. The summed E-state index contributed by atoms with van der Waals surface area (Å²) < 4.78 is 1.04. The van der Waals surface area contributed by atoms with Crippen molar-refractivity contribution in [1.82, 2.24) is 44.6 Å². The van der Waals surface area contributed by atoms with Crippen molar-refractivity contribution < 1.29 is 4.79 Å². The summed E-state index contributed by atoms with van der Waals surface area (Å²) in [5.74, 6) is 1.64. The number of benzene rings is 3. The summed E-state index contributed by atoms with van der Waals surface area (Å²) in [5.41, 5.74) is 17.4. The molecule has 12 rings (SSSR count). The fraction of sp³-hybridized carbons (Fsp3) is 0.470. The van der Waals surface area contributed by atoms with Crippen LogP contribution in [0.2, 0.25) is 0 Å². The van der Waals surface area contributed by atoms with E-state index in [9.17, 15) is 24.4 Å². The van der Waals surface area contributed by atoms with Gasteiger partial charge < -0.3 is 66.0 Å². The predicted octanol–water partition coefficient (Wildman–Crippen LogP) is 14.3. The number of piperidine rings is 3. The number of primary amides is 1. The van der Waals surface area contributed by atoms with Crippen LogP contribution in [-0.4, -0.2) is 146 Å². The van der Waals surface area contributed by atoms with Crippen molar-refractivity contribution in [2.45, 2.75) is 198 Å². The van der Waals surface area contributed by atoms with Crippen LogP contribution in [0, 0.1) is 52.9 Å². The van der Waals surface area contributed by atoms with Gasteiger partial charge in [0.1, 0.15) is 17.5 Å². The molecule has 3 aromatic carbocycles. The molecule has 9 heterocycles. The molecule has 0 bridgehead atoms. The minimum atomic E-state index is -0.468. The van der Waals surface area contributed by atoms with Gasteiger partial charge in [-0.1, -0.05) is 15.9 Å². The Morgan fingerprint density at radius 1 is 0.495 bits per heavy atom. The van der Waals surface area contributed by atoms with Crippen LogP contribution in [0.15, 0.2) is 110 Å². The second-order valence-electron chi connectivity index (χ2n) is 29.5. The number of carbonyl (C=O) groups excluding carboxylic acids is 1. The molecule has 0 atom stereocenters. The minimum absolute atomic E-state index is 0.0444. The van der Waals surface area contributed by atoms with E-state index in [-0.39, 0.29) is 16.7 Å². The zero-order valence-corrected chi connectivity index (χ0v) is 66.0. The van der Waals surface area contributed by atoms with Crippen LogP contribution in [0.25, 0.3) is 32.3 Å². The maximum atomic E-state index is 12.5. The second-order valence-corrected chi connectivity index (χ2v) is 30.4. The number of nitrogens with two attached hydrogens (primary N) is 1. The number of hydrogen-bond donors (Lipinski definition) is 7. The maximum Gasteiger partial charge on any atom is 0.253 e. The number of nitrogens with one attached hydrogen (secondary N) is 6. The lowest BCUT2D eigenvalue weighted by Gasteiger charge is -2.41. The van der Waals surface area contributed by atoms with Gasteiger partial charge in [-0.2, -0.15) is 5.26 Å². The topological polar surface area (TPSA) is 260 Å². The molecule has 9 aromatic rings. The first-order valence-corrected chi connectivity index (χ1v) is 38.5. The molecule has 0 radical (unpaired) electrons. The second kappa shape index (κ2) is 35.3. The Labute approximate surface area is 627 Å². The van der Waals surface area contributed by atoms with Crippen molar-refractivity contribution in [2.24, 2.45) is 5.73 Å². The highest BCUT2D eigenvalue weighted by atomic mass is 79.9. The molecule has 1 amide bonds. The van der Waals surface area contributed by atoms with Crippen LogP contribution in [0.4, 0.5) is 34.5 Å². The van der Waals surface area contributed by atoms with Crippen molar-refractivity contribution in [3.8, 4) is 6.07 Å². The Bertz CT molecular complexity index is 4760. The van der Waals surface area contributed by atoms with Gasteiger partial charge in [-0.05, 0) is 232 Å². The number of amides is 1. The number of halogens is 1. The number of anilines is 6. The van der Waals surface area contributed by atoms with E-state index in [1.165, 1.54) is 23.9 Å². The number of pyridine rings is 6. The van der Waals surface area contributed by atoms with Crippen molar-refractivity contribution in [2.75, 3.05) is 89.6 Å². The highest BCUT2D eigenvalue weighted by Gasteiger charge is 2.31. The molecule has 105 heavy (non-hydrogen) atoms. The minimum Gasteiger partial charge on any atom is -0.368 e. The van der Waals surface area contributed by atoms with Gasteiger partial charge in [-0.25, -0.2) is 15.0 Å². The molecule has 3 saturated heterocycles. The smallest absolute Gasteiger partial charge is 0.253 e. The molecule has 3 aliphatic rings. The van der Waals surface area contributed by atoms with Crippen LogP contribution in [0.1, 0.15) is 167 Å². The van der Waals surface area contributed by atoms with E-state index in [4.69, 9.17) is 5.73 Å². The first-order valence-electron chi connectivity index (χ1n) is 37.7. The predicted molar refractivity (Wildman–Crippen MR) is 436 cm³/mol. The molecular formula is C83H110BrN17O4. The van der Waals surface area contributed by atoms with E-state index in [0.717, 1.165) is 173 Å². The molecule has 3 fully saturated rings. The lowest BCUT2D eigenvalue weighted by molar-refractivity contribution is 0.1000. The number of H-pyrrole nitrogens is 3. The fourth-order valence-corrected chi connectivity index (χ4v) is 16.4. The number of nitrogens with zero attached hydrogens (tertiary/aromatic N) is 10. The number of aromatic nitrogens is 6. The molecule has 0 spiro atoms. The van der Waals surface area contributed by atoms with Crippen LogP contribution in [-0.2, 0) is 19.6 Å². The molecule has 21 nitrogen and oxygen atoms in total. The first-order chi connectivity index (χ1) is 50.3. The maximum absolute atomic E-state index is 12.5.